The van der Waals surface area contributed by atoms with Crippen molar-refractivity contribution in [3.8, 4) is 0 Å². The average Bonchev–Trinajstić information content (AvgIpc) is 2.06. The molecule has 0 saturated heterocycles. The highest BCUT2D eigenvalue weighted by atomic mass is 16.5. The summed E-state index contributed by atoms with van der Waals surface area (Å²) in [5.74, 6) is -0.332. The monoisotopic (exact) mass is 199 g/mol. The molecule has 80 valence electrons. The van der Waals surface area contributed by atoms with Gasteiger partial charge in [-0.25, -0.2) is 0 Å². The Morgan fingerprint density at radius 1 is 1.21 bits per heavy atom. The van der Waals surface area contributed by atoms with Gasteiger partial charge in [0.05, 0.1) is 6.04 Å². The Morgan fingerprint density at radius 3 is 2.43 bits per heavy atom. The van der Waals surface area contributed by atoms with Crippen LogP contribution in [0.1, 0.15) is 39.5 Å². The van der Waals surface area contributed by atoms with Crippen LogP contribution in [-0.2, 0) is 14.3 Å². The molecule has 2 atom stereocenters. The van der Waals surface area contributed by atoms with E-state index in [0.29, 0.717) is 0 Å². The maximum Gasteiger partial charge on any atom is 0.302 e. The van der Waals surface area contributed by atoms with Crippen LogP contribution in [0.25, 0.3) is 0 Å². The topological polar surface area (TPSA) is 55.4 Å². The zero-order valence-corrected chi connectivity index (χ0v) is 8.71. The summed E-state index contributed by atoms with van der Waals surface area (Å²) in [5.41, 5.74) is 0. The van der Waals surface area contributed by atoms with Gasteiger partial charge in [0.15, 0.2) is 0 Å². The van der Waals surface area contributed by atoms with Gasteiger partial charge in [0.25, 0.3) is 0 Å². The molecule has 1 amide bonds. The summed E-state index contributed by atoms with van der Waals surface area (Å²) in [5, 5.41) is 2.82. The summed E-state index contributed by atoms with van der Waals surface area (Å²) in [4.78, 5) is 21.7. The van der Waals surface area contributed by atoms with Gasteiger partial charge in [-0.05, 0) is 19.3 Å². The Hall–Kier alpha value is -1.06. The predicted molar refractivity (Wildman–Crippen MR) is 51.6 cm³/mol. The van der Waals surface area contributed by atoms with Crippen LogP contribution < -0.4 is 5.32 Å². The molecule has 4 nitrogen and oxygen atoms in total. The molecular formula is C10H17NO3. The van der Waals surface area contributed by atoms with Crippen LogP contribution in [0.5, 0.6) is 0 Å². The number of carbonyl (C=O) groups is 2. The third kappa shape index (κ3) is 3.36. The Labute approximate surface area is 84.0 Å². The minimum Gasteiger partial charge on any atom is -0.460 e. The van der Waals surface area contributed by atoms with Crippen LogP contribution in [0, 0.1) is 0 Å². The first kappa shape index (κ1) is 11.0. The van der Waals surface area contributed by atoms with E-state index in [0.717, 1.165) is 25.7 Å². The maximum atomic E-state index is 10.9. The Kier molecular flexibility index (Phi) is 3.92. The molecule has 0 bridgehead atoms. The molecule has 1 aliphatic carbocycles. The van der Waals surface area contributed by atoms with Gasteiger partial charge in [-0.15, -0.1) is 0 Å². The largest absolute Gasteiger partial charge is 0.460 e. The molecule has 0 aromatic heterocycles. The summed E-state index contributed by atoms with van der Waals surface area (Å²) in [6, 6.07) is 0.00477. The van der Waals surface area contributed by atoms with E-state index in [-0.39, 0.29) is 24.0 Å². The first-order chi connectivity index (χ1) is 6.59. The van der Waals surface area contributed by atoms with Crippen molar-refractivity contribution in [3.63, 3.8) is 0 Å². The fourth-order valence-corrected chi connectivity index (χ4v) is 1.88. The molecule has 1 N–H and O–H groups in total. The van der Waals surface area contributed by atoms with Crippen molar-refractivity contribution < 1.29 is 14.3 Å². The first-order valence-electron chi connectivity index (χ1n) is 5.04. The van der Waals surface area contributed by atoms with Crippen molar-refractivity contribution >= 4 is 11.9 Å². The summed E-state index contributed by atoms with van der Waals surface area (Å²) in [7, 11) is 0. The molecule has 0 aliphatic heterocycles. The molecule has 14 heavy (non-hydrogen) atoms. The lowest BCUT2D eigenvalue weighted by Gasteiger charge is -2.31. The number of nitrogens with one attached hydrogen (secondary N) is 1. The lowest BCUT2D eigenvalue weighted by molar-refractivity contribution is -0.150. The second-order valence-corrected chi connectivity index (χ2v) is 3.74. The van der Waals surface area contributed by atoms with E-state index in [9.17, 15) is 9.59 Å². The highest BCUT2D eigenvalue weighted by Crippen LogP contribution is 2.21. The zero-order chi connectivity index (χ0) is 10.6. The molecule has 0 aromatic carbocycles. The number of hydrogen-bond donors (Lipinski definition) is 1. The number of esters is 1. The number of carbonyl (C=O) groups excluding carboxylic acids is 2. The van der Waals surface area contributed by atoms with Gasteiger partial charge in [0.1, 0.15) is 6.10 Å². The Balaban J connectivity index is 2.49. The number of hydrogen-bond acceptors (Lipinski definition) is 3. The van der Waals surface area contributed by atoms with E-state index in [1.54, 1.807) is 0 Å². The molecule has 1 fully saturated rings. The quantitative estimate of drug-likeness (QED) is 0.675. The molecule has 0 aromatic rings. The lowest BCUT2D eigenvalue weighted by atomic mass is 9.92. The average molecular weight is 199 g/mol. The third-order valence-corrected chi connectivity index (χ3v) is 2.41. The fourth-order valence-electron chi connectivity index (χ4n) is 1.88. The van der Waals surface area contributed by atoms with Gasteiger partial charge in [0.2, 0.25) is 5.91 Å². The fraction of sp³-hybridized carbons (Fsp3) is 0.800. The lowest BCUT2D eigenvalue weighted by Crippen LogP contribution is -2.46. The maximum absolute atomic E-state index is 10.9. The molecule has 0 spiro atoms. The van der Waals surface area contributed by atoms with Crippen LogP contribution in [-0.4, -0.2) is 24.0 Å². The van der Waals surface area contributed by atoms with E-state index in [1.165, 1.54) is 13.8 Å². The summed E-state index contributed by atoms with van der Waals surface area (Å²) >= 11 is 0. The second-order valence-electron chi connectivity index (χ2n) is 3.74. The number of amides is 1. The van der Waals surface area contributed by atoms with E-state index >= 15 is 0 Å². The van der Waals surface area contributed by atoms with Gasteiger partial charge >= 0.3 is 5.97 Å². The zero-order valence-electron chi connectivity index (χ0n) is 8.71. The normalized spacial score (nSPS) is 26.7. The van der Waals surface area contributed by atoms with Crippen molar-refractivity contribution in [1.82, 2.24) is 5.32 Å². The molecule has 1 rings (SSSR count). The van der Waals surface area contributed by atoms with Gasteiger partial charge < -0.3 is 10.1 Å². The molecule has 0 unspecified atom stereocenters. The molecule has 0 heterocycles. The Morgan fingerprint density at radius 2 is 1.86 bits per heavy atom. The predicted octanol–water partition coefficient (Wildman–Crippen LogP) is 0.997. The first-order valence-corrected chi connectivity index (χ1v) is 5.04. The van der Waals surface area contributed by atoms with E-state index in [4.69, 9.17) is 4.74 Å². The van der Waals surface area contributed by atoms with Crippen LogP contribution in [0.2, 0.25) is 0 Å². The van der Waals surface area contributed by atoms with Gasteiger partial charge in [0, 0.05) is 13.8 Å². The molecule has 1 saturated carbocycles. The van der Waals surface area contributed by atoms with Crippen LogP contribution in [0.3, 0.4) is 0 Å². The summed E-state index contributed by atoms with van der Waals surface area (Å²) in [6.45, 7) is 2.89. The smallest absolute Gasteiger partial charge is 0.302 e. The highest BCUT2D eigenvalue weighted by molar-refractivity contribution is 5.73. The van der Waals surface area contributed by atoms with E-state index < -0.39 is 0 Å². The number of rotatable bonds is 2. The Bertz CT molecular complexity index is 203. The van der Waals surface area contributed by atoms with Crippen molar-refractivity contribution in [2.45, 2.75) is 51.7 Å². The highest BCUT2D eigenvalue weighted by Gasteiger charge is 2.27. The van der Waals surface area contributed by atoms with Crippen LogP contribution >= 0.6 is 0 Å². The molecule has 1 aliphatic rings. The second kappa shape index (κ2) is 4.98. The standard InChI is InChI=1S/C10H17NO3/c1-7(12)11-9-5-3-4-6-10(9)14-8(2)13/h9-10H,3-6H2,1-2H3,(H,11,12)/t9-,10-/m1/s1. The number of ether oxygens (including phenoxy) is 1. The van der Waals surface area contributed by atoms with Crippen LogP contribution in [0.4, 0.5) is 0 Å². The van der Waals surface area contributed by atoms with Crippen molar-refractivity contribution in [1.29, 1.82) is 0 Å². The van der Waals surface area contributed by atoms with Crippen LogP contribution in [0.15, 0.2) is 0 Å². The van der Waals surface area contributed by atoms with Gasteiger partial charge in [-0.3, -0.25) is 9.59 Å². The summed E-state index contributed by atoms with van der Waals surface area (Å²) in [6.07, 6.45) is 3.77. The molecule has 0 radical (unpaired) electrons. The minimum absolute atomic E-state index is 0.00477. The van der Waals surface area contributed by atoms with Crippen molar-refractivity contribution in [2.24, 2.45) is 0 Å². The minimum atomic E-state index is -0.271. The van der Waals surface area contributed by atoms with Crippen molar-refractivity contribution in [2.75, 3.05) is 0 Å². The van der Waals surface area contributed by atoms with Crippen molar-refractivity contribution in [3.05, 3.63) is 0 Å². The van der Waals surface area contributed by atoms with E-state index in [1.807, 2.05) is 0 Å². The third-order valence-electron chi connectivity index (χ3n) is 2.41. The molecular weight excluding hydrogens is 182 g/mol. The summed E-state index contributed by atoms with van der Waals surface area (Å²) < 4.78 is 5.15. The van der Waals surface area contributed by atoms with Gasteiger partial charge in [-0.2, -0.15) is 0 Å². The SMILES string of the molecule is CC(=O)N[C@@H]1CCCC[C@H]1OC(C)=O. The molecule has 4 heteroatoms. The van der Waals surface area contributed by atoms with Gasteiger partial charge in [-0.1, -0.05) is 6.42 Å². The van der Waals surface area contributed by atoms with E-state index in [2.05, 4.69) is 5.32 Å².